The molecule has 118 valence electrons. The molecule has 7 heteroatoms. The third-order valence-corrected chi connectivity index (χ3v) is 4.28. The summed E-state index contributed by atoms with van der Waals surface area (Å²) >= 11 is 0. The molecule has 7 nitrogen and oxygen atoms in total. The van der Waals surface area contributed by atoms with Gasteiger partial charge in [0.25, 0.3) is 5.56 Å². The first kappa shape index (κ1) is 14.0. The van der Waals surface area contributed by atoms with Crippen molar-refractivity contribution >= 4 is 16.7 Å². The summed E-state index contributed by atoms with van der Waals surface area (Å²) in [6, 6.07) is 7.88. The van der Waals surface area contributed by atoms with E-state index in [0.29, 0.717) is 17.6 Å². The van der Waals surface area contributed by atoms with Crippen molar-refractivity contribution in [3.8, 4) is 5.69 Å². The maximum atomic E-state index is 11.7. The molecule has 0 aliphatic carbocycles. The lowest BCUT2D eigenvalue weighted by Gasteiger charge is -2.21. The van der Waals surface area contributed by atoms with E-state index >= 15 is 0 Å². The Morgan fingerprint density at radius 3 is 2.70 bits per heavy atom. The molecule has 2 aromatic heterocycles. The van der Waals surface area contributed by atoms with Crippen LogP contribution in [-0.4, -0.2) is 43.5 Å². The molecule has 0 saturated carbocycles. The average Bonchev–Trinajstić information content (AvgIpc) is 3.12. The standard InChI is InChI=1S/C16H17N5O2/c1-16(23)6-7-20(9-16)11-2-4-12(5-3-11)21-14-13(8-19-21)15(22)18-10-17-14/h2-5,8,10,23H,6-7,9H2,1H3,(H,17,18,22). The van der Waals surface area contributed by atoms with Crippen LogP contribution in [0, 0.1) is 0 Å². The normalized spacial score (nSPS) is 21.2. The number of nitrogens with zero attached hydrogens (tertiary/aromatic N) is 4. The molecule has 1 aromatic carbocycles. The molecular formula is C16H17N5O2. The van der Waals surface area contributed by atoms with E-state index < -0.39 is 5.60 Å². The number of nitrogens with one attached hydrogen (secondary N) is 1. The Morgan fingerprint density at radius 2 is 2.00 bits per heavy atom. The summed E-state index contributed by atoms with van der Waals surface area (Å²) in [6.07, 6.45) is 3.67. The Bertz CT molecular complexity index is 910. The maximum absolute atomic E-state index is 11.7. The molecule has 0 spiro atoms. The van der Waals surface area contributed by atoms with E-state index in [-0.39, 0.29) is 5.56 Å². The third-order valence-electron chi connectivity index (χ3n) is 4.28. The lowest BCUT2D eigenvalue weighted by molar-refractivity contribution is 0.0839. The molecule has 0 amide bonds. The van der Waals surface area contributed by atoms with Crippen molar-refractivity contribution in [2.24, 2.45) is 0 Å². The van der Waals surface area contributed by atoms with E-state index in [9.17, 15) is 9.90 Å². The van der Waals surface area contributed by atoms with Crippen LogP contribution in [0.15, 0.2) is 41.6 Å². The first-order valence-corrected chi connectivity index (χ1v) is 7.53. The SMILES string of the molecule is CC1(O)CCN(c2ccc(-n3ncc4c(=O)[nH]cnc43)cc2)C1. The molecule has 1 aliphatic rings. The Kier molecular flexibility index (Phi) is 2.99. The minimum Gasteiger partial charge on any atom is -0.388 e. The average molecular weight is 311 g/mol. The summed E-state index contributed by atoms with van der Waals surface area (Å²) in [7, 11) is 0. The molecule has 3 heterocycles. The van der Waals surface area contributed by atoms with Crippen LogP contribution in [0.5, 0.6) is 0 Å². The highest BCUT2D eigenvalue weighted by Crippen LogP contribution is 2.27. The number of aromatic amines is 1. The fraction of sp³-hybridized carbons (Fsp3) is 0.312. The topological polar surface area (TPSA) is 87.0 Å². The van der Waals surface area contributed by atoms with E-state index in [1.54, 1.807) is 4.68 Å². The molecule has 1 fully saturated rings. The monoisotopic (exact) mass is 311 g/mol. The van der Waals surface area contributed by atoms with Gasteiger partial charge in [0.1, 0.15) is 5.39 Å². The van der Waals surface area contributed by atoms with Crippen LogP contribution in [0.4, 0.5) is 5.69 Å². The van der Waals surface area contributed by atoms with Crippen molar-refractivity contribution < 1.29 is 5.11 Å². The predicted octanol–water partition coefficient (Wildman–Crippen LogP) is 1.07. The number of β-amino-alcohol motifs (C(OH)–C–C–N with tert-alkyl or cyclic N) is 1. The number of H-pyrrole nitrogens is 1. The molecule has 3 aromatic rings. The van der Waals surface area contributed by atoms with Crippen LogP contribution in [0.3, 0.4) is 0 Å². The zero-order valence-electron chi connectivity index (χ0n) is 12.7. The quantitative estimate of drug-likeness (QED) is 0.739. The van der Waals surface area contributed by atoms with E-state index in [2.05, 4.69) is 20.0 Å². The fourth-order valence-electron chi connectivity index (χ4n) is 3.02. The number of aliphatic hydroxyl groups is 1. The van der Waals surface area contributed by atoms with Crippen LogP contribution in [0.25, 0.3) is 16.7 Å². The number of hydrogen-bond acceptors (Lipinski definition) is 5. The third kappa shape index (κ3) is 2.39. The Hall–Kier alpha value is -2.67. The van der Waals surface area contributed by atoms with Gasteiger partial charge in [-0.2, -0.15) is 5.10 Å². The lowest BCUT2D eigenvalue weighted by atomic mass is 10.1. The van der Waals surface area contributed by atoms with Crippen LogP contribution >= 0.6 is 0 Å². The molecule has 23 heavy (non-hydrogen) atoms. The molecular weight excluding hydrogens is 294 g/mol. The van der Waals surface area contributed by atoms with Crippen molar-refractivity contribution in [2.45, 2.75) is 18.9 Å². The van der Waals surface area contributed by atoms with Gasteiger partial charge in [-0.3, -0.25) is 4.79 Å². The minimum atomic E-state index is -0.623. The van der Waals surface area contributed by atoms with Crippen molar-refractivity contribution in [1.82, 2.24) is 19.7 Å². The number of anilines is 1. The number of hydrogen-bond donors (Lipinski definition) is 2. The Labute approximate surface area is 132 Å². The van der Waals surface area contributed by atoms with Crippen molar-refractivity contribution in [3.63, 3.8) is 0 Å². The zero-order valence-corrected chi connectivity index (χ0v) is 12.7. The molecule has 1 aliphatic heterocycles. The van der Waals surface area contributed by atoms with Crippen LogP contribution in [0.1, 0.15) is 13.3 Å². The molecule has 0 radical (unpaired) electrons. The van der Waals surface area contributed by atoms with Crippen molar-refractivity contribution in [1.29, 1.82) is 0 Å². The van der Waals surface area contributed by atoms with Gasteiger partial charge in [-0.25, -0.2) is 9.67 Å². The Morgan fingerprint density at radius 1 is 1.26 bits per heavy atom. The summed E-state index contributed by atoms with van der Waals surface area (Å²) < 4.78 is 1.65. The highest BCUT2D eigenvalue weighted by molar-refractivity contribution is 5.74. The first-order chi connectivity index (χ1) is 11.0. The number of aromatic nitrogens is 4. The van der Waals surface area contributed by atoms with Crippen LogP contribution in [0.2, 0.25) is 0 Å². The fourth-order valence-corrected chi connectivity index (χ4v) is 3.02. The smallest absolute Gasteiger partial charge is 0.261 e. The summed E-state index contributed by atoms with van der Waals surface area (Å²) in [5.74, 6) is 0. The van der Waals surface area contributed by atoms with Gasteiger partial charge >= 0.3 is 0 Å². The van der Waals surface area contributed by atoms with Gasteiger partial charge in [-0.15, -0.1) is 0 Å². The lowest BCUT2D eigenvalue weighted by Crippen LogP contribution is -2.29. The molecule has 4 rings (SSSR count). The summed E-state index contributed by atoms with van der Waals surface area (Å²) in [6.45, 7) is 3.34. The van der Waals surface area contributed by atoms with Crippen molar-refractivity contribution in [2.75, 3.05) is 18.0 Å². The second-order valence-corrected chi connectivity index (χ2v) is 6.21. The molecule has 1 saturated heterocycles. The highest BCUT2D eigenvalue weighted by Gasteiger charge is 2.31. The second kappa shape index (κ2) is 4.92. The minimum absolute atomic E-state index is 0.197. The number of benzene rings is 1. The van der Waals surface area contributed by atoms with Gasteiger partial charge in [0, 0.05) is 18.8 Å². The largest absolute Gasteiger partial charge is 0.388 e. The van der Waals surface area contributed by atoms with Gasteiger partial charge in [0.05, 0.1) is 23.8 Å². The number of fused-ring (bicyclic) bond motifs is 1. The van der Waals surface area contributed by atoms with Gasteiger partial charge in [0.2, 0.25) is 0 Å². The van der Waals surface area contributed by atoms with Gasteiger partial charge in [-0.05, 0) is 37.6 Å². The van der Waals surface area contributed by atoms with E-state index in [4.69, 9.17) is 0 Å². The second-order valence-electron chi connectivity index (χ2n) is 6.21. The van der Waals surface area contributed by atoms with Gasteiger partial charge in [0.15, 0.2) is 5.65 Å². The number of rotatable bonds is 2. The first-order valence-electron chi connectivity index (χ1n) is 7.53. The van der Waals surface area contributed by atoms with Gasteiger partial charge in [-0.1, -0.05) is 0 Å². The zero-order chi connectivity index (χ0) is 16.0. The summed E-state index contributed by atoms with van der Waals surface area (Å²) in [4.78, 5) is 20.6. The molecule has 1 unspecified atom stereocenters. The summed E-state index contributed by atoms with van der Waals surface area (Å²) in [5, 5.41) is 14.8. The predicted molar refractivity (Wildman–Crippen MR) is 86.9 cm³/mol. The van der Waals surface area contributed by atoms with E-state index in [0.717, 1.165) is 24.3 Å². The molecule has 2 N–H and O–H groups in total. The van der Waals surface area contributed by atoms with E-state index in [1.165, 1.54) is 12.5 Å². The van der Waals surface area contributed by atoms with Crippen LogP contribution in [-0.2, 0) is 0 Å². The van der Waals surface area contributed by atoms with Gasteiger partial charge < -0.3 is 15.0 Å². The summed E-state index contributed by atoms with van der Waals surface area (Å²) in [5.41, 5.74) is 1.62. The Balaban J connectivity index is 1.68. The van der Waals surface area contributed by atoms with Crippen molar-refractivity contribution in [3.05, 3.63) is 47.1 Å². The molecule has 1 atom stereocenters. The highest BCUT2D eigenvalue weighted by atomic mass is 16.3. The van der Waals surface area contributed by atoms with E-state index in [1.807, 2.05) is 31.2 Å². The van der Waals surface area contributed by atoms with Crippen LogP contribution < -0.4 is 10.5 Å². The molecule has 0 bridgehead atoms. The maximum Gasteiger partial charge on any atom is 0.261 e.